The lowest BCUT2D eigenvalue weighted by atomic mass is 10.0. The molecule has 7 nitrogen and oxygen atoms in total. The summed E-state index contributed by atoms with van der Waals surface area (Å²) in [5.41, 5.74) is 3.52. The molecule has 4 rings (SSSR count). The topological polar surface area (TPSA) is 86.8 Å². The summed E-state index contributed by atoms with van der Waals surface area (Å²) < 4.78 is 43.1. The van der Waals surface area contributed by atoms with Gasteiger partial charge in [-0.05, 0) is 91.1 Å². The Kier molecular flexibility index (Phi) is 11.4. The van der Waals surface area contributed by atoms with Gasteiger partial charge >= 0.3 is 0 Å². The molecule has 236 valence electrons. The molecule has 45 heavy (non-hydrogen) atoms. The van der Waals surface area contributed by atoms with Gasteiger partial charge in [-0.2, -0.15) is 0 Å². The summed E-state index contributed by atoms with van der Waals surface area (Å²) in [5.74, 6) is -1.40. The standard InChI is InChI=1S/C35H37ClFN3O4S/c1-4-20-38-35(42)33(22-27-8-6-5-7-9-27)39(23-28-11-15-30(37)16-12-28)34(41)24-40(31-17-10-25(2)26(3)21-31)45(43,44)32-18-13-29(36)14-19-32/h5-19,21,33H,4,20,22-24H2,1-3H3,(H,38,42)/t33-/m1/s1. The lowest BCUT2D eigenvalue weighted by molar-refractivity contribution is -0.140. The van der Waals surface area contributed by atoms with Crippen molar-refractivity contribution < 1.29 is 22.4 Å². The summed E-state index contributed by atoms with van der Waals surface area (Å²) in [7, 11) is -4.25. The highest BCUT2D eigenvalue weighted by Gasteiger charge is 2.34. The highest BCUT2D eigenvalue weighted by atomic mass is 35.5. The van der Waals surface area contributed by atoms with Crippen LogP contribution in [0.15, 0.2) is 102 Å². The van der Waals surface area contributed by atoms with E-state index in [2.05, 4.69) is 5.32 Å². The van der Waals surface area contributed by atoms with Crippen LogP contribution in [0.5, 0.6) is 0 Å². The van der Waals surface area contributed by atoms with Crippen LogP contribution >= 0.6 is 11.6 Å². The first kappa shape index (κ1) is 33.7. The molecular formula is C35H37ClFN3O4S. The van der Waals surface area contributed by atoms with Crippen LogP contribution in [0, 0.1) is 19.7 Å². The average Bonchev–Trinajstić information content (AvgIpc) is 3.03. The molecule has 0 aliphatic carbocycles. The predicted octanol–water partition coefficient (Wildman–Crippen LogP) is 6.46. The summed E-state index contributed by atoms with van der Waals surface area (Å²) in [6.07, 6.45) is 0.881. The van der Waals surface area contributed by atoms with Crippen molar-refractivity contribution in [3.63, 3.8) is 0 Å². The highest BCUT2D eigenvalue weighted by molar-refractivity contribution is 7.92. The van der Waals surface area contributed by atoms with Gasteiger partial charge in [-0.15, -0.1) is 0 Å². The summed E-state index contributed by atoms with van der Waals surface area (Å²) in [6.45, 7) is 5.48. The molecular weight excluding hydrogens is 613 g/mol. The average molecular weight is 650 g/mol. The van der Waals surface area contributed by atoms with Crippen molar-refractivity contribution in [1.29, 1.82) is 0 Å². The molecule has 4 aromatic carbocycles. The Labute approximate surface area is 269 Å². The number of carbonyl (C=O) groups excluding carboxylic acids is 2. The number of hydrogen-bond acceptors (Lipinski definition) is 4. The minimum absolute atomic E-state index is 0.0375. The molecule has 10 heteroatoms. The molecule has 0 bridgehead atoms. The van der Waals surface area contributed by atoms with Gasteiger partial charge in [-0.3, -0.25) is 13.9 Å². The molecule has 0 unspecified atom stereocenters. The summed E-state index contributed by atoms with van der Waals surface area (Å²) in [4.78, 5) is 29.5. The second kappa shape index (κ2) is 15.2. The fraction of sp³-hybridized carbons (Fsp3) is 0.257. The van der Waals surface area contributed by atoms with Crippen molar-refractivity contribution in [2.24, 2.45) is 0 Å². The van der Waals surface area contributed by atoms with Crippen LogP contribution in [0.25, 0.3) is 0 Å². The minimum atomic E-state index is -4.25. The molecule has 1 N–H and O–H groups in total. The maximum Gasteiger partial charge on any atom is 0.264 e. The van der Waals surface area contributed by atoms with Crippen molar-refractivity contribution in [1.82, 2.24) is 10.2 Å². The number of aryl methyl sites for hydroxylation is 2. The maximum atomic E-state index is 14.4. The van der Waals surface area contributed by atoms with E-state index in [1.54, 1.807) is 30.3 Å². The van der Waals surface area contributed by atoms with Gasteiger partial charge in [0.2, 0.25) is 11.8 Å². The molecule has 0 fully saturated rings. The number of nitrogens with zero attached hydrogens (tertiary/aromatic N) is 2. The molecule has 0 spiro atoms. The normalized spacial score (nSPS) is 11.9. The molecule has 0 aromatic heterocycles. The van der Waals surface area contributed by atoms with E-state index < -0.39 is 34.3 Å². The molecule has 0 aliphatic rings. The van der Waals surface area contributed by atoms with Gasteiger partial charge in [0.1, 0.15) is 18.4 Å². The van der Waals surface area contributed by atoms with E-state index >= 15 is 0 Å². The Bertz CT molecular complexity index is 1720. The van der Waals surface area contributed by atoms with E-state index in [0.29, 0.717) is 29.2 Å². The van der Waals surface area contributed by atoms with Gasteiger partial charge in [0.05, 0.1) is 10.6 Å². The highest BCUT2D eigenvalue weighted by Crippen LogP contribution is 2.27. The zero-order valence-electron chi connectivity index (χ0n) is 25.5. The number of hydrogen-bond donors (Lipinski definition) is 1. The zero-order valence-corrected chi connectivity index (χ0v) is 27.1. The summed E-state index contributed by atoms with van der Waals surface area (Å²) in [6, 6.07) is 24.9. The molecule has 0 heterocycles. The smallest absolute Gasteiger partial charge is 0.264 e. The number of rotatable bonds is 13. The third kappa shape index (κ3) is 8.71. The molecule has 0 radical (unpaired) electrons. The van der Waals surface area contributed by atoms with Crippen LogP contribution < -0.4 is 9.62 Å². The van der Waals surface area contributed by atoms with Gasteiger partial charge < -0.3 is 10.2 Å². The van der Waals surface area contributed by atoms with Gasteiger partial charge in [-0.1, -0.05) is 67.1 Å². The fourth-order valence-electron chi connectivity index (χ4n) is 4.85. The third-order valence-electron chi connectivity index (χ3n) is 7.55. The van der Waals surface area contributed by atoms with E-state index in [-0.39, 0.29) is 23.8 Å². The van der Waals surface area contributed by atoms with E-state index in [0.717, 1.165) is 21.0 Å². The first-order valence-corrected chi connectivity index (χ1v) is 16.5. The van der Waals surface area contributed by atoms with E-state index in [1.165, 1.54) is 41.3 Å². The predicted molar refractivity (Wildman–Crippen MR) is 176 cm³/mol. The maximum absolute atomic E-state index is 14.4. The molecule has 1 atom stereocenters. The lowest BCUT2D eigenvalue weighted by Crippen LogP contribution is -2.53. The number of carbonyl (C=O) groups is 2. The van der Waals surface area contributed by atoms with Crippen molar-refractivity contribution in [2.45, 2.75) is 51.1 Å². The van der Waals surface area contributed by atoms with Gasteiger partial charge in [-0.25, -0.2) is 12.8 Å². The van der Waals surface area contributed by atoms with Gasteiger partial charge in [0.15, 0.2) is 0 Å². The number of benzene rings is 4. The van der Waals surface area contributed by atoms with E-state index in [1.807, 2.05) is 51.1 Å². The monoisotopic (exact) mass is 649 g/mol. The van der Waals surface area contributed by atoms with E-state index in [4.69, 9.17) is 11.6 Å². The van der Waals surface area contributed by atoms with Crippen LogP contribution in [0.4, 0.5) is 10.1 Å². The van der Waals surface area contributed by atoms with Crippen molar-refractivity contribution >= 4 is 39.1 Å². The largest absolute Gasteiger partial charge is 0.354 e. The number of halogens is 2. The van der Waals surface area contributed by atoms with Crippen LogP contribution in [-0.2, 0) is 32.6 Å². The minimum Gasteiger partial charge on any atom is -0.354 e. The second-order valence-corrected chi connectivity index (χ2v) is 13.2. The first-order valence-electron chi connectivity index (χ1n) is 14.7. The molecule has 0 saturated carbocycles. The Morgan fingerprint density at radius 2 is 1.53 bits per heavy atom. The molecule has 4 aromatic rings. The van der Waals surface area contributed by atoms with Crippen LogP contribution in [0.3, 0.4) is 0 Å². The third-order valence-corrected chi connectivity index (χ3v) is 9.59. The zero-order chi connectivity index (χ0) is 32.6. The van der Waals surface area contributed by atoms with Gasteiger partial charge in [0.25, 0.3) is 10.0 Å². The number of nitrogens with one attached hydrogen (secondary N) is 1. The first-order chi connectivity index (χ1) is 21.5. The Balaban J connectivity index is 1.81. The van der Waals surface area contributed by atoms with Crippen LogP contribution in [-0.4, -0.2) is 44.3 Å². The van der Waals surface area contributed by atoms with Crippen molar-refractivity contribution in [3.8, 4) is 0 Å². The van der Waals surface area contributed by atoms with E-state index in [9.17, 15) is 22.4 Å². The molecule has 0 saturated heterocycles. The molecule has 2 amide bonds. The Morgan fingerprint density at radius 3 is 2.16 bits per heavy atom. The molecule has 0 aliphatic heterocycles. The summed E-state index contributed by atoms with van der Waals surface area (Å²) in [5, 5.41) is 3.28. The van der Waals surface area contributed by atoms with Gasteiger partial charge in [0, 0.05) is 24.5 Å². The summed E-state index contributed by atoms with van der Waals surface area (Å²) >= 11 is 6.05. The fourth-order valence-corrected chi connectivity index (χ4v) is 6.38. The number of anilines is 1. The Hall–Kier alpha value is -4.21. The SMILES string of the molecule is CCCNC(=O)[C@@H](Cc1ccccc1)N(Cc1ccc(F)cc1)C(=O)CN(c1ccc(C)c(C)c1)S(=O)(=O)c1ccc(Cl)cc1. The Morgan fingerprint density at radius 1 is 0.867 bits per heavy atom. The van der Waals surface area contributed by atoms with Crippen molar-refractivity contribution in [3.05, 3.63) is 130 Å². The van der Waals surface area contributed by atoms with Crippen molar-refractivity contribution in [2.75, 3.05) is 17.4 Å². The number of sulfonamides is 1. The lowest BCUT2D eigenvalue weighted by Gasteiger charge is -2.34. The van der Waals surface area contributed by atoms with Crippen LogP contribution in [0.2, 0.25) is 5.02 Å². The van der Waals surface area contributed by atoms with Crippen LogP contribution in [0.1, 0.15) is 35.6 Å². The number of amides is 2. The second-order valence-electron chi connectivity index (χ2n) is 10.9. The quantitative estimate of drug-likeness (QED) is 0.180.